The topological polar surface area (TPSA) is 83.0 Å². The van der Waals surface area contributed by atoms with Gasteiger partial charge in [0.25, 0.3) is 5.91 Å². The molecule has 44 heavy (non-hydrogen) atoms. The summed E-state index contributed by atoms with van der Waals surface area (Å²) >= 11 is 1.64. The summed E-state index contributed by atoms with van der Waals surface area (Å²) in [5.41, 5.74) is 5.45. The third kappa shape index (κ3) is 4.55. The first kappa shape index (κ1) is 29.3. The number of carbonyl (C=O) groups is 2. The molecule has 2 aliphatic heterocycles. The average molecular weight is 614 g/mol. The number of rotatable bonds is 9. The Morgan fingerprint density at radius 1 is 1.09 bits per heavy atom. The van der Waals surface area contributed by atoms with Gasteiger partial charge in [-0.05, 0) is 99.1 Å². The number of aromatic nitrogens is 1. The minimum absolute atomic E-state index is 0.123. The molecule has 3 heterocycles. The molecule has 4 unspecified atom stereocenters. The van der Waals surface area contributed by atoms with Gasteiger partial charge < -0.3 is 19.6 Å². The van der Waals surface area contributed by atoms with E-state index in [0.29, 0.717) is 12.5 Å². The molecular formula is C36H43N3O4S. The normalized spacial score (nSPS) is 27.2. The van der Waals surface area contributed by atoms with E-state index >= 15 is 0 Å². The Morgan fingerprint density at radius 2 is 1.91 bits per heavy atom. The third-order valence-corrected chi connectivity index (χ3v) is 12.2. The third-order valence-electron chi connectivity index (χ3n) is 11.3. The predicted octanol–water partition coefficient (Wildman–Crippen LogP) is 7.35. The van der Waals surface area contributed by atoms with Gasteiger partial charge in [0.1, 0.15) is 12.4 Å². The number of ether oxygens (including phenoxy) is 1. The van der Waals surface area contributed by atoms with E-state index in [4.69, 9.17) is 9.72 Å². The first-order chi connectivity index (χ1) is 21.3. The molecule has 2 aromatic carbocycles. The number of amides is 1. The SMILES string of the molecule is CCCC1(C(=O)O)C2CCC23CN(c2nc(-c4cc(C)ccc4OCc4ccc(C(=O)N5CCCCC5)cc4C)cs2)CC31. The highest BCUT2D eigenvalue weighted by Crippen LogP contribution is 2.77. The number of carboxylic acids is 1. The molecule has 2 saturated heterocycles. The van der Waals surface area contributed by atoms with Crippen LogP contribution in [0.3, 0.4) is 0 Å². The number of anilines is 1. The molecule has 2 saturated carbocycles. The van der Waals surface area contributed by atoms with Crippen molar-refractivity contribution < 1.29 is 19.4 Å². The highest BCUT2D eigenvalue weighted by molar-refractivity contribution is 7.14. The van der Waals surface area contributed by atoms with Crippen LogP contribution in [0.4, 0.5) is 5.13 Å². The fourth-order valence-electron chi connectivity index (χ4n) is 9.03. The second kappa shape index (κ2) is 11.2. The molecule has 1 N–H and O–H groups in total. The Labute approximate surface area is 264 Å². The smallest absolute Gasteiger partial charge is 0.310 e. The average Bonchev–Trinajstić information content (AvgIpc) is 3.66. The van der Waals surface area contributed by atoms with Gasteiger partial charge in [-0.15, -0.1) is 11.3 Å². The largest absolute Gasteiger partial charge is 0.488 e. The fraction of sp³-hybridized carbons (Fsp3) is 0.528. The summed E-state index contributed by atoms with van der Waals surface area (Å²) in [7, 11) is 0. The van der Waals surface area contributed by atoms with Gasteiger partial charge in [0.2, 0.25) is 0 Å². The van der Waals surface area contributed by atoms with Crippen molar-refractivity contribution in [3.05, 3.63) is 64.0 Å². The van der Waals surface area contributed by atoms with Crippen molar-refractivity contribution in [1.82, 2.24) is 9.88 Å². The summed E-state index contributed by atoms with van der Waals surface area (Å²) in [6.07, 6.45) is 7.23. The van der Waals surface area contributed by atoms with Gasteiger partial charge in [-0.25, -0.2) is 4.98 Å². The summed E-state index contributed by atoms with van der Waals surface area (Å²) in [5.74, 6) is 0.830. The zero-order valence-corrected chi connectivity index (χ0v) is 26.9. The summed E-state index contributed by atoms with van der Waals surface area (Å²) in [4.78, 5) is 35.0. The van der Waals surface area contributed by atoms with Crippen LogP contribution < -0.4 is 9.64 Å². The fourth-order valence-corrected chi connectivity index (χ4v) is 9.87. The maximum atomic E-state index is 13.0. The summed E-state index contributed by atoms with van der Waals surface area (Å²) in [6, 6.07) is 12.2. The van der Waals surface area contributed by atoms with E-state index in [2.05, 4.69) is 36.3 Å². The summed E-state index contributed by atoms with van der Waals surface area (Å²) in [5, 5.41) is 13.4. The zero-order valence-electron chi connectivity index (χ0n) is 26.1. The molecule has 8 heteroatoms. The van der Waals surface area contributed by atoms with Crippen molar-refractivity contribution in [3.63, 3.8) is 0 Å². The van der Waals surface area contributed by atoms with Crippen molar-refractivity contribution in [2.24, 2.45) is 22.7 Å². The lowest BCUT2D eigenvalue weighted by molar-refractivity contribution is -0.247. The molecular weight excluding hydrogens is 570 g/mol. The Balaban J connectivity index is 1.07. The minimum Gasteiger partial charge on any atom is -0.488 e. The molecule has 1 spiro atoms. The first-order valence-corrected chi connectivity index (χ1v) is 17.2. The van der Waals surface area contributed by atoms with Gasteiger partial charge in [-0.1, -0.05) is 31.0 Å². The van der Waals surface area contributed by atoms with E-state index in [1.165, 1.54) is 6.42 Å². The van der Waals surface area contributed by atoms with Crippen LogP contribution in [-0.2, 0) is 11.4 Å². The van der Waals surface area contributed by atoms with E-state index in [1.54, 1.807) is 11.3 Å². The summed E-state index contributed by atoms with van der Waals surface area (Å²) < 4.78 is 6.42. The lowest BCUT2D eigenvalue weighted by Crippen LogP contribution is -2.72. The van der Waals surface area contributed by atoms with Gasteiger partial charge >= 0.3 is 5.97 Å². The molecule has 2 aliphatic carbocycles. The number of hydrogen-bond acceptors (Lipinski definition) is 6. The Morgan fingerprint density at radius 3 is 2.61 bits per heavy atom. The number of piperidine rings is 1. The molecule has 1 amide bonds. The van der Waals surface area contributed by atoms with E-state index in [0.717, 1.165) is 109 Å². The number of aryl methyl sites for hydroxylation is 2. The number of carboxylic acid groups (broad SMARTS) is 1. The number of hydrogen-bond donors (Lipinski definition) is 1. The number of aliphatic carboxylic acids is 1. The number of nitrogens with zero attached hydrogens (tertiary/aromatic N) is 3. The Hall–Kier alpha value is -3.39. The van der Waals surface area contributed by atoms with Crippen LogP contribution in [0.1, 0.15) is 78.9 Å². The van der Waals surface area contributed by atoms with E-state index < -0.39 is 11.4 Å². The van der Waals surface area contributed by atoms with Crippen molar-refractivity contribution in [2.45, 2.75) is 72.3 Å². The number of benzene rings is 2. The van der Waals surface area contributed by atoms with Crippen molar-refractivity contribution in [3.8, 4) is 17.0 Å². The molecule has 1 aromatic heterocycles. The van der Waals surface area contributed by atoms with Crippen molar-refractivity contribution in [2.75, 3.05) is 31.1 Å². The number of thiazole rings is 1. The van der Waals surface area contributed by atoms with Crippen LogP contribution in [0.5, 0.6) is 5.75 Å². The minimum atomic E-state index is -0.591. The standard InChI is InChI=1S/C36H43N3O4S/c1-4-13-36(33(41)42)30-12-14-35(30)22-39(19-31(35)36)34-37-28(21-44-34)27-17-23(2)8-11-29(27)43-20-26-10-9-25(18-24(26)3)32(40)38-15-6-5-7-16-38/h8-11,17-18,21,30-31H,4-7,12-16,19-20,22H2,1-3H3,(H,41,42). The van der Waals surface area contributed by atoms with Crippen LogP contribution in [0, 0.1) is 36.5 Å². The van der Waals surface area contributed by atoms with E-state index in [-0.39, 0.29) is 17.2 Å². The van der Waals surface area contributed by atoms with Gasteiger partial charge in [-0.2, -0.15) is 0 Å². The molecule has 0 radical (unpaired) electrons. The lowest BCUT2D eigenvalue weighted by Gasteiger charge is -2.70. The predicted molar refractivity (Wildman–Crippen MR) is 173 cm³/mol. The second-order valence-corrected chi connectivity index (χ2v) is 14.5. The molecule has 4 fully saturated rings. The first-order valence-electron chi connectivity index (χ1n) is 16.3. The van der Waals surface area contributed by atoms with Crippen molar-refractivity contribution in [1.29, 1.82) is 0 Å². The Kier molecular flexibility index (Phi) is 7.47. The molecule has 4 aliphatic rings. The van der Waals surface area contributed by atoms with Gasteiger partial charge in [0, 0.05) is 48.6 Å². The summed E-state index contributed by atoms with van der Waals surface area (Å²) in [6.45, 7) is 10.0. The Bertz CT molecular complexity index is 1600. The molecule has 7 rings (SSSR count). The zero-order chi connectivity index (χ0) is 30.6. The number of carbonyl (C=O) groups excluding carboxylic acids is 1. The lowest BCUT2D eigenvalue weighted by atomic mass is 9.31. The van der Waals surface area contributed by atoms with Gasteiger partial charge in [0.15, 0.2) is 5.13 Å². The molecule has 4 atom stereocenters. The highest BCUT2D eigenvalue weighted by atomic mass is 32.1. The van der Waals surface area contributed by atoms with Gasteiger partial charge in [0.05, 0.1) is 11.1 Å². The maximum Gasteiger partial charge on any atom is 0.310 e. The van der Waals surface area contributed by atoms with Crippen LogP contribution in [0.15, 0.2) is 41.8 Å². The molecule has 232 valence electrons. The van der Waals surface area contributed by atoms with Crippen LogP contribution in [0.2, 0.25) is 0 Å². The van der Waals surface area contributed by atoms with E-state index in [9.17, 15) is 14.7 Å². The van der Waals surface area contributed by atoms with Crippen LogP contribution >= 0.6 is 11.3 Å². The second-order valence-electron chi connectivity index (χ2n) is 13.7. The highest BCUT2D eigenvalue weighted by Gasteiger charge is 2.79. The van der Waals surface area contributed by atoms with Crippen molar-refractivity contribution >= 4 is 28.3 Å². The molecule has 7 nitrogen and oxygen atoms in total. The number of likely N-dealkylation sites (tertiary alicyclic amines) is 1. The quantitative estimate of drug-likeness (QED) is 0.272. The molecule has 3 aromatic rings. The van der Waals surface area contributed by atoms with Crippen LogP contribution in [-0.4, -0.2) is 53.0 Å². The van der Waals surface area contributed by atoms with Crippen LogP contribution in [0.25, 0.3) is 11.3 Å². The van der Waals surface area contributed by atoms with E-state index in [1.807, 2.05) is 36.1 Å². The maximum absolute atomic E-state index is 13.0. The van der Waals surface area contributed by atoms with Gasteiger partial charge in [-0.3, -0.25) is 9.59 Å². The monoisotopic (exact) mass is 613 g/mol. The molecule has 0 bridgehead atoms.